The van der Waals surface area contributed by atoms with Crippen molar-refractivity contribution in [1.29, 1.82) is 0 Å². The summed E-state index contributed by atoms with van der Waals surface area (Å²) in [7, 11) is 0. The topological polar surface area (TPSA) is 45.1 Å². The quantitative estimate of drug-likeness (QED) is 0.832. The number of quaternary nitrogens is 1. The van der Waals surface area contributed by atoms with E-state index >= 15 is 0 Å². The van der Waals surface area contributed by atoms with Gasteiger partial charge in [0.05, 0.1) is 38.3 Å². The molecule has 2 aliphatic heterocycles. The van der Waals surface area contributed by atoms with Crippen LogP contribution in [0.5, 0.6) is 0 Å². The van der Waals surface area contributed by atoms with Gasteiger partial charge in [-0.1, -0.05) is 18.2 Å². The van der Waals surface area contributed by atoms with Crippen LogP contribution in [-0.4, -0.2) is 44.0 Å². The van der Waals surface area contributed by atoms with Crippen molar-refractivity contribution in [1.82, 2.24) is 0 Å². The first kappa shape index (κ1) is 16.7. The first-order valence-corrected chi connectivity index (χ1v) is 8.90. The van der Waals surface area contributed by atoms with Crippen LogP contribution in [0.2, 0.25) is 0 Å². The maximum atomic E-state index is 13.1. The minimum absolute atomic E-state index is 0.105. The van der Waals surface area contributed by atoms with Crippen molar-refractivity contribution in [2.24, 2.45) is 0 Å². The fraction of sp³-hybridized carbons (Fsp3) is 0.300. The summed E-state index contributed by atoms with van der Waals surface area (Å²) in [5, 5.41) is 0. The molecule has 2 amide bonds. The number of hydrogen-bond donors (Lipinski definition) is 1. The number of carbonyl (C=O) groups excluding carboxylic acids is 2. The molecule has 26 heavy (non-hydrogen) atoms. The maximum Gasteiger partial charge on any atom is 0.292 e. The third-order valence-corrected chi connectivity index (χ3v) is 5.25. The first-order chi connectivity index (χ1) is 12.6. The van der Waals surface area contributed by atoms with Gasteiger partial charge in [-0.2, -0.15) is 0 Å². The van der Waals surface area contributed by atoms with Crippen molar-refractivity contribution < 1.29 is 18.9 Å². The second-order valence-corrected chi connectivity index (χ2v) is 6.78. The molecule has 5 nitrogen and oxygen atoms in total. The summed E-state index contributed by atoms with van der Waals surface area (Å²) in [6.45, 7) is 3.13. The highest BCUT2D eigenvalue weighted by molar-refractivity contribution is 6.21. The fourth-order valence-corrected chi connectivity index (χ4v) is 3.85. The SMILES string of the molecule is O=C1C[C@@H]([NH+]2CCN(c3ccc(F)cc3)CC2)C(=O)N1c1ccccc1. The number of imide groups is 1. The predicted molar refractivity (Wildman–Crippen MR) is 96.6 cm³/mol. The van der Waals surface area contributed by atoms with Crippen LogP contribution in [0.25, 0.3) is 0 Å². The highest BCUT2D eigenvalue weighted by atomic mass is 19.1. The first-order valence-electron chi connectivity index (χ1n) is 8.90. The van der Waals surface area contributed by atoms with E-state index < -0.39 is 0 Å². The minimum Gasteiger partial charge on any atom is -0.360 e. The Bertz CT molecular complexity index is 802. The molecule has 0 aliphatic carbocycles. The van der Waals surface area contributed by atoms with Gasteiger partial charge < -0.3 is 9.80 Å². The Balaban J connectivity index is 1.42. The van der Waals surface area contributed by atoms with Crippen LogP contribution in [0.4, 0.5) is 15.8 Å². The van der Waals surface area contributed by atoms with E-state index in [1.165, 1.54) is 17.0 Å². The smallest absolute Gasteiger partial charge is 0.292 e. The van der Waals surface area contributed by atoms with Gasteiger partial charge in [-0.05, 0) is 36.4 Å². The van der Waals surface area contributed by atoms with Crippen molar-refractivity contribution in [2.75, 3.05) is 36.0 Å². The van der Waals surface area contributed by atoms with Gasteiger partial charge in [0, 0.05) is 5.69 Å². The van der Waals surface area contributed by atoms with Crippen molar-refractivity contribution >= 4 is 23.2 Å². The molecule has 4 rings (SSSR count). The summed E-state index contributed by atoms with van der Waals surface area (Å²) < 4.78 is 13.1. The molecule has 2 fully saturated rings. The molecular formula is C20H21FN3O2+. The maximum absolute atomic E-state index is 13.1. The number of nitrogens with zero attached hydrogens (tertiary/aromatic N) is 2. The largest absolute Gasteiger partial charge is 0.360 e. The highest BCUT2D eigenvalue weighted by Gasteiger charge is 2.46. The van der Waals surface area contributed by atoms with Gasteiger partial charge >= 0.3 is 0 Å². The Hall–Kier alpha value is -2.73. The van der Waals surface area contributed by atoms with E-state index in [0.717, 1.165) is 36.8 Å². The summed E-state index contributed by atoms with van der Waals surface area (Å²) in [5.74, 6) is -0.472. The normalized spacial score (nSPS) is 21.5. The molecule has 1 atom stereocenters. The van der Waals surface area contributed by atoms with Crippen LogP contribution >= 0.6 is 0 Å². The predicted octanol–water partition coefficient (Wildman–Crippen LogP) is 0.863. The Labute approximate surface area is 151 Å². The molecule has 2 saturated heterocycles. The molecule has 0 radical (unpaired) electrons. The molecule has 1 N–H and O–H groups in total. The molecule has 2 aliphatic rings. The summed E-state index contributed by atoms with van der Waals surface area (Å²) in [5.41, 5.74) is 1.64. The number of anilines is 2. The van der Waals surface area contributed by atoms with E-state index in [0.29, 0.717) is 5.69 Å². The van der Waals surface area contributed by atoms with Crippen molar-refractivity contribution in [2.45, 2.75) is 12.5 Å². The number of rotatable bonds is 3. The van der Waals surface area contributed by atoms with Crippen LogP contribution in [0, 0.1) is 5.82 Å². The van der Waals surface area contributed by atoms with Crippen molar-refractivity contribution in [3.8, 4) is 0 Å². The fourth-order valence-electron chi connectivity index (χ4n) is 3.85. The Morgan fingerprint density at radius 3 is 2.19 bits per heavy atom. The molecular weight excluding hydrogens is 333 g/mol. The lowest BCUT2D eigenvalue weighted by Gasteiger charge is -2.35. The summed E-state index contributed by atoms with van der Waals surface area (Å²) in [6, 6.07) is 15.3. The molecule has 0 unspecified atom stereocenters. The van der Waals surface area contributed by atoms with E-state index in [1.807, 2.05) is 18.2 Å². The molecule has 134 valence electrons. The van der Waals surface area contributed by atoms with Gasteiger partial charge in [-0.3, -0.25) is 9.59 Å². The number of benzene rings is 2. The van der Waals surface area contributed by atoms with Crippen LogP contribution in [0.3, 0.4) is 0 Å². The Morgan fingerprint density at radius 1 is 0.885 bits per heavy atom. The average molecular weight is 354 g/mol. The van der Waals surface area contributed by atoms with Gasteiger partial charge in [-0.15, -0.1) is 0 Å². The molecule has 0 saturated carbocycles. The van der Waals surface area contributed by atoms with E-state index in [9.17, 15) is 14.0 Å². The molecule has 2 aromatic carbocycles. The van der Waals surface area contributed by atoms with E-state index in [-0.39, 0.29) is 30.1 Å². The zero-order valence-corrected chi connectivity index (χ0v) is 14.4. The van der Waals surface area contributed by atoms with Gasteiger partial charge in [0.2, 0.25) is 5.91 Å². The van der Waals surface area contributed by atoms with Crippen LogP contribution in [-0.2, 0) is 9.59 Å². The van der Waals surface area contributed by atoms with Crippen molar-refractivity contribution in [3.63, 3.8) is 0 Å². The summed E-state index contributed by atoms with van der Waals surface area (Å²) >= 11 is 0. The highest BCUT2D eigenvalue weighted by Crippen LogP contribution is 2.22. The van der Waals surface area contributed by atoms with Gasteiger partial charge in [0.25, 0.3) is 5.91 Å². The third-order valence-electron chi connectivity index (χ3n) is 5.25. The number of hydrogen-bond acceptors (Lipinski definition) is 3. The second kappa shape index (κ2) is 6.88. The number of carbonyl (C=O) groups is 2. The molecule has 0 spiro atoms. The zero-order valence-electron chi connectivity index (χ0n) is 14.4. The third kappa shape index (κ3) is 3.08. The molecule has 0 bridgehead atoms. The Kier molecular flexibility index (Phi) is 4.42. The lowest BCUT2D eigenvalue weighted by Crippen LogP contribution is -3.19. The van der Waals surface area contributed by atoms with Crippen LogP contribution in [0.1, 0.15) is 6.42 Å². The second-order valence-electron chi connectivity index (χ2n) is 6.78. The van der Waals surface area contributed by atoms with Crippen LogP contribution < -0.4 is 14.7 Å². The standard InChI is InChI=1S/C20H20FN3O2/c21-15-6-8-16(9-7-15)22-10-12-23(13-11-22)18-14-19(25)24(20(18)26)17-4-2-1-3-5-17/h1-9,18H,10-14H2/p+1/t18-/m1/s1. The minimum atomic E-state index is -0.307. The summed E-state index contributed by atoms with van der Waals surface area (Å²) in [6.07, 6.45) is 0.264. The van der Waals surface area contributed by atoms with E-state index in [4.69, 9.17) is 0 Å². The lowest BCUT2D eigenvalue weighted by molar-refractivity contribution is -0.915. The summed E-state index contributed by atoms with van der Waals surface area (Å²) in [4.78, 5) is 29.9. The zero-order chi connectivity index (χ0) is 18.1. The van der Waals surface area contributed by atoms with Gasteiger partial charge in [0.1, 0.15) is 5.82 Å². The number of halogens is 1. The number of para-hydroxylation sites is 1. The monoisotopic (exact) mass is 354 g/mol. The van der Waals surface area contributed by atoms with Crippen molar-refractivity contribution in [3.05, 3.63) is 60.4 Å². The average Bonchev–Trinajstić information content (AvgIpc) is 2.97. The molecule has 6 heteroatoms. The van der Waals surface area contributed by atoms with E-state index in [2.05, 4.69) is 4.90 Å². The van der Waals surface area contributed by atoms with Gasteiger partial charge in [-0.25, -0.2) is 9.29 Å². The molecule has 2 heterocycles. The Morgan fingerprint density at radius 2 is 1.54 bits per heavy atom. The lowest BCUT2D eigenvalue weighted by atomic mass is 10.1. The van der Waals surface area contributed by atoms with Gasteiger partial charge in [0.15, 0.2) is 6.04 Å². The van der Waals surface area contributed by atoms with E-state index in [1.54, 1.807) is 24.3 Å². The number of amides is 2. The number of nitrogens with one attached hydrogen (secondary N) is 1. The van der Waals surface area contributed by atoms with Crippen LogP contribution in [0.15, 0.2) is 54.6 Å². The number of piperazine rings is 1. The molecule has 2 aromatic rings. The molecule has 0 aromatic heterocycles.